The number of nitrogens with zero attached hydrogens (tertiary/aromatic N) is 1. The molecule has 0 radical (unpaired) electrons. The fraction of sp³-hybridized carbons (Fsp3) is 0.130. The van der Waals surface area contributed by atoms with Gasteiger partial charge < -0.3 is 14.7 Å². The molecule has 0 aliphatic rings. The van der Waals surface area contributed by atoms with Crippen molar-refractivity contribution >= 4 is 12.2 Å². The summed E-state index contributed by atoms with van der Waals surface area (Å²) in [5.74, 6) is -0.581. The third kappa shape index (κ3) is 6.60. The van der Waals surface area contributed by atoms with E-state index in [1.165, 1.54) is 12.3 Å². The van der Waals surface area contributed by atoms with E-state index in [1.807, 2.05) is 30.3 Å². The molecule has 5 nitrogen and oxygen atoms in total. The summed E-state index contributed by atoms with van der Waals surface area (Å²) >= 11 is 0. The predicted molar refractivity (Wildman–Crippen MR) is 109 cm³/mol. The Bertz CT molecular complexity index is 1060. The van der Waals surface area contributed by atoms with Gasteiger partial charge in [-0.1, -0.05) is 47.6 Å². The van der Waals surface area contributed by atoms with Gasteiger partial charge in [-0.3, -0.25) is 0 Å². The lowest BCUT2D eigenvalue weighted by Crippen LogP contribution is -2.06. The molecule has 0 heterocycles. The molecule has 3 rings (SSSR count). The highest BCUT2D eigenvalue weighted by Gasteiger charge is 2.30. The topological polar surface area (TPSA) is 68.1 Å². The fourth-order valence-corrected chi connectivity index (χ4v) is 2.74. The zero-order valence-corrected chi connectivity index (χ0v) is 16.2. The number of alkyl halides is 3. The van der Waals surface area contributed by atoms with Crippen LogP contribution in [-0.4, -0.2) is 23.9 Å². The first-order valence-electron chi connectivity index (χ1n) is 9.18. The standard InChI is InChI=1S/C23H18F3NO4/c24-23(25,26)20-6-2-4-17(12-20)14-30-21-9-7-18(8-10-21)19-5-1-3-16(11-19)13-27-31-15-22(28)29/h1-13H,14-15H2,(H,28,29). The van der Waals surface area contributed by atoms with Crippen molar-refractivity contribution in [3.8, 4) is 16.9 Å². The maximum absolute atomic E-state index is 12.8. The van der Waals surface area contributed by atoms with Gasteiger partial charge in [0.15, 0.2) is 0 Å². The highest BCUT2D eigenvalue weighted by molar-refractivity contribution is 5.82. The summed E-state index contributed by atoms with van der Waals surface area (Å²) < 4.78 is 44.0. The molecule has 160 valence electrons. The SMILES string of the molecule is O=C(O)CON=Cc1cccc(-c2ccc(OCc3cccc(C(F)(F)F)c3)cc2)c1. The number of rotatable bonds is 8. The van der Waals surface area contributed by atoms with Crippen LogP contribution in [0.3, 0.4) is 0 Å². The van der Waals surface area contributed by atoms with Crippen LogP contribution in [0, 0.1) is 0 Å². The smallest absolute Gasteiger partial charge is 0.416 e. The molecular formula is C23H18F3NO4. The van der Waals surface area contributed by atoms with E-state index in [0.29, 0.717) is 11.3 Å². The largest absolute Gasteiger partial charge is 0.489 e. The molecule has 0 unspecified atom stereocenters. The van der Waals surface area contributed by atoms with E-state index in [-0.39, 0.29) is 6.61 Å². The van der Waals surface area contributed by atoms with Gasteiger partial charge in [-0.15, -0.1) is 0 Å². The maximum Gasteiger partial charge on any atom is 0.416 e. The molecule has 0 spiro atoms. The Hall–Kier alpha value is -3.81. The summed E-state index contributed by atoms with van der Waals surface area (Å²) in [6.45, 7) is -0.496. The number of hydrogen-bond donors (Lipinski definition) is 1. The number of halogens is 3. The molecule has 0 atom stereocenters. The minimum atomic E-state index is -4.39. The van der Waals surface area contributed by atoms with Crippen molar-refractivity contribution in [3.63, 3.8) is 0 Å². The second kappa shape index (κ2) is 9.80. The first-order chi connectivity index (χ1) is 14.8. The highest BCUT2D eigenvalue weighted by atomic mass is 19.4. The van der Waals surface area contributed by atoms with Gasteiger partial charge in [0.1, 0.15) is 12.4 Å². The molecule has 3 aromatic rings. The van der Waals surface area contributed by atoms with Gasteiger partial charge in [-0.25, -0.2) is 4.79 Å². The first-order valence-corrected chi connectivity index (χ1v) is 9.18. The minimum Gasteiger partial charge on any atom is -0.489 e. The van der Waals surface area contributed by atoms with Crippen LogP contribution >= 0.6 is 0 Å². The minimum absolute atomic E-state index is 0.0194. The normalized spacial score (nSPS) is 11.5. The van der Waals surface area contributed by atoms with Crippen LogP contribution < -0.4 is 4.74 Å². The van der Waals surface area contributed by atoms with Gasteiger partial charge in [0.25, 0.3) is 0 Å². The molecule has 0 aliphatic carbocycles. The van der Waals surface area contributed by atoms with E-state index in [0.717, 1.165) is 28.8 Å². The van der Waals surface area contributed by atoms with Gasteiger partial charge in [0.05, 0.1) is 11.8 Å². The third-order valence-corrected chi connectivity index (χ3v) is 4.20. The van der Waals surface area contributed by atoms with Crippen LogP contribution in [-0.2, 0) is 22.4 Å². The molecule has 0 amide bonds. The summed E-state index contributed by atoms with van der Waals surface area (Å²) in [4.78, 5) is 15.0. The summed E-state index contributed by atoms with van der Waals surface area (Å²) in [5.41, 5.74) is 2.24. The predicted octanol–water partition coefficient (Wildman–Crippen LogP) is 5.39. The number of benzene rings is 3. The van der Waals surface area contributed by atoms with E-state index in [9.17, 15) is 18.0 Å². The van der Waals surface area contributed by atoms with E-state index in [4.69, 9.17) is 9.84 Å². The Morgan fingerprint density at radius 1 is 0.968 bits per heavy atom. The summed E-state index contributed by atoms with van der Waals surface area (Å²) in [6.07, 6.45) is -2.97. The zero-order valence-electron chi connectivity index (χ0n) is 16.2. The molecule has 1 N–H and O–H groups in total. The molecule has 0 saturated heterocycles. The van der Waals surface area contributed by atoms with Crippen molar-refractivity contribution in [3.05, 3.63) is 89.5 Å². The van der Waals surface area contributed by atoms with Gasteiger partial charge in [0, 0.05) is 0 Å². The molecule has 0 aromatic heterocycles. The fourth-order valence-electron chi connectivity index (χ4n) is 2.74. The van der Waals surface area contributed by atoms with E-state index in [2.05, 4.69) is 9.99 Å². The van der Waals surface area contributed by atoms with Crippen LogP contribution in [0.5, 0.6) is 5.75 Å². The van der Waals surface area contributed by atoms with Crippen molar-refractivity contribution in [1.29, 1.82) is 0 Å². The second-order valence-electron chi connectivity index (χ2n) is 6.54. The Morgan fingerprint density at radius 3 is 2.42 bits per heavy atom. The van der Waals surface area contributed by atoms with Crippen molar-refractivity contribution in [2.45, 2.75) is 12.8 Å². The Balaban J connectivity index is 1.63. The number of carboxylic acids is 1. The summed E-state index contributed by atoms with van der Waals surface area (Å²) in [6, 6.07) is 19.5. The van der Waals surface area contributed by atoms with Crippen LogP contribution in [0.1, 0.15) is 16.7 Å². The van der Waals surface area contributed by atoms with Gasteiger partial charge >= 0.3 is 12.1 Å². The molecule has 0 fully saturated rings. The Labute approximate surface area is 176 Å². The maximum atomic E-state index is 12.8. The second-order valence-corrected chi connectivity index (χ2v) is 6.54. The van der Waals surface area contributed by atoms with Gasteiger partial charge in [-0.05, 0) is 52.6 Å². The molecule has 0 aliphatic heterocycles. The van der Waals surface area contributed by atoms with Crippen molar-refractivity contribution in [2.24, 2.45) is 5.16 Å². The van der Waals surface area contributed by atoms with Crippen molar-refractivity contribution in [1.82, 2.24) is 0 Å². The zero-order chi connectivity index (χ0) is 22.3. The molecule has 0 bridgehead atoms. The third-order valence-electron chi connectivity index (χ3n) is 4.20. The quantitative estimate of drug-likeness (QED) is 0.385. The van der Waals surface area contributed by atoms with E-state index in [1.54, 1.807) is 24.3 Å². The van der Waals surface area contributed by atoms with Crippen LogP contribution in [0.25, 0.3) is 11.1 Å². The van der Waals surface area contributed by atoms with Crippen LogP contribution in [0.15, 0.2) is 78.0 Å². The lowest BCUT2D eigenvalue weighted by atomic mass is 10.0. The average Bonchev–Trinajstić information content (AvgIpc) is 2.75. The lowest BCUT2D eigenvalue weighted by Gasteiger charge is -2.10. The summed E-state index contributed by atoms with van der Waals surface area (Å²) in [7, 11) is 0. The van der Waals surface area contributed by atoms with E-state index < -0.39 is 24.3 Å². The lowest BCUT2D eigenvalue weighted by molar-refractivity contribution is -0.142. The van der Waals surface area contributed by atoms with Gasteiger partial charge in [-0.2, -0.15) is 13.2 Å². The molecule has 3 aromatic carbocycles. The van der Waals surface area contributed by atoms with Crippen LogP contribution in [0.2, 0.25) is 0 Å². The molecule has 0 saturated carbocycles. The molecule has 31 heavy (non-hydrogen) atoms. The number of aliphatic carboxylic acids is 1. The van der Waals surface area contributed by atoms with E-state index >= 15 is 0 Å². The first kappa shape index (κ1) is 21.9. The number of oxime groups is 1. The Morgan fingerprint density at radius 2 is 1.71 bits per heavy atom. The van der Waals surface area contributed by atoms with Crippen molar-refractivity contribution < 1.29 is 32.6 Å². The monoisotopic (exact) mass is 429 g/mol. The molecule has 8 heteroatoms. The van der Waals surface area contributed by atoms with Gasteiger partial charge in [0.2, 0.25) is 6.61 Å². The summed E-state index contributed by atoms with van der Waals surface area (Å²) in [5, 5.41) is 12.1. The molecular weight excluding hydrogens is 411 g/mol. The Kier molecular flexibility index (Phi) is 6.92. The number of carbonyl (C=O) groups is 1. The van der Waals surface area contributed by atoms with Crippen molar-refractivity contribution in [2.75, 3.05) is 6.61 Å². The number of ether oxygens (including phenoxy) is 1. The highest BCUT2D eigenvalue weighted by Crippen LogP contribution is 2.30. The number of hydrogen-bond acceptors (Lipinski definition) is 4. The number of carboxylic acid groups (broad SMARTS) is 1. The van der Waals surface area contributed by atoms with Crippen LogP contribution in [0.4, 0.5) is 13.2 Å². The average molecular weight is 429 g/mol.